The Morgan fingerprint density at radius 1 is 1.76 bits per heavy atom. The molecule has 0 bridgehead atoms. The van der Waals surface area contributed by atoms with E-state index in [4.69, 9.17) is 10.9 Å². The molecule has 1 aromatic heterocycles. The minimum atomic E-state index is -0.693. The molecule has 7 heteroatoms. The van der Waals surface area contributed by atoms with Crippen LogP contribution in [0.2, 0.25) is 0 Å². The number of nitrogens with one attached hydrogen (secondary N) is 1. The van der Waals surface area contributed by atoms with Gasteiger partial charge in [0.15, 0.2) is 5.82 Å². The van der Waals surface area contributed by atoms with Crippen LogP contribution < -0.4 is 11.1 Å². The predicted molar refractivity (Wildman–Crippen MR) is 59.1 cm³/mol. The van der Waals surface area contributed by atoms with Gasteiger partial charge in [0.1, 0.15) is 5.84 Å². The summed E-state index contributed by atoms with van der Waals surface area (Å²) in [6.07, 6.45) is 2.28. The minimum Gasteiger partial charge on any atom is -0.409 e. The molecule has 0 radical (unpaired) electrons. The lowest BCUT2D eigenvalue weighted by Crippen LogP contribution is -2.35. The van der Waals surface area contributed by atoms with Crippen LogP contribution in [-0.4, -0.2) is 28.5 Å². The smallest absolute Gasteiger partial charge is 0.254 e. The lowest BCUT2D eigenvalue weighted by Gasteiger charge is -2.11. The van der Waals surface area contributed by atoms with Crippen LogP contribution in [0.1, 0.15) is 17.3 Å². The lowest BCUT2D eigenvalue weighted by molar-refractivity contribution is 0.0947. The van der Waals surface area contributed by atoms with Crippen molar-refractivity contribution >= 4 is 11.7 Å². The van der Waals surface area contributed by atoms with Gasteiger partial charge < -0.3 is 16.3 Å². The first kappa shape index (κ1) is 12.9. The molecule has 0 aromatic carbocycles. The van der Waals surface area contributed by atoms with Crippen LogP contribution in [0.25, 0.3) is 0 Å². The fraction of sp³-hybridized carbons (Fsp3) is 0.300. The molecule has 92 valence electrons. The molecule has 1 atom stereocenters. The van der Waals surface area contributed by atoms with E-state index in [0.717, 1.165) is 6.20 Å². The van der Waals surface area contributed by atoms with Gasteiger partial charge >= 0.3 is 0 Å². The molecule has 1 aromatic rings. The molecular formula is C10H13FN4O2. The van der Waals surface area contributed by atoms with Crippen LogP contribution in [0.3, 0.4) is 0 Å². The molecule has 0 spiro atoms. The first-order chi connectivity index (χ1) is 8.06. The van der Waals surface area contributed by atoms with Crippen molar-refractivity contribution in [1.29, 1.82) is 0 Å². The average molecular weight is 240 g/mol. The maximum absolute atomic E-state index is 13.2. The summed E-state index contributed by atoms with van der Waals surface area (Å²) >= 11 is 0. The number of hydrogen-bond donors (Lipinski definition) is 3. The Kier molecular flexibility index (Phi) is 4.38. The molecular weight excluding hydrogens is 227 g/mol. The Morgan fingerprint density at radius 3 is 3.06 bits per heavy atom. The van der Waals surface area contributed by atoms with Gasteiger partial charge in [-0.25, -0.2) is 4.39 Å². The minimum absolute atomic E-state index is 0.000463. The van der Waals surface area contributed by atoms with Crippen molar-refractivity contribution in [3.63, 3.8) is 0 Å². The first-order valence-electron chi connectivity index (χ1n) is 4.91. The van der Waals surface area contributed by atoms with Crippen LogP contribution in [0.4, 0.5) is 4.39 Å². The molecule has 0 saturated heterocycles. The number of nitrogens with two attached hydrogens (primary N) is 1. The maximum atomic E-state index is 13.2. The molecule has 1 heterocycles. The largest absolute Gasteiger partial charge is 0.409 e. The number of aromatic nitrogens is 1. The fourth-order valence-corrected chi connectivity index (χ4v) is 1.10. The van der Waals surface area contributed by atoms with Crippen molar-refractivity contribution in [2.24, 2.45) is 16.8 Å². The van der Waals surface area contributed by atoms with E-state index in [1.165, 1.54) is 12.3 Å². The molecule has 1 rings (SSSR count). The number of rotatable bonds is 4. The zero-order chi connectivity index (χ0) is 12.8. The number of hydrogen-bond acceptors (Lipinski definition) is 4. The van der Waals surface area contributed by atoms with Gasteiger partial charge in [-0.05, 0) is 6.07 Å². The Hall–Kier alpha value is -2.18. The third-order valence-electron chi connectivity index (χ3n) is 2.21. The van der Waals surface area contributed by atoms with E-state index in [1.54, 1.807) is 6.92 Å². The van der Waals surface area contributed by atoms with Crippen molar-refractivity contribution < 1.29 is 14.4 Å². The molecule has 0 saturated carbocycles. The first-order valence-corrected chi connectivity index (χ1v) is 4.91. The summed E-state index contributed by atoms with van der Waals surface area (Å²) in [5.41, 5.74) is 5.24. The normalized spacial score (nSPS) is 13.2. The number of amidine groups is 1. The number of oxime groups is 1. The summed E-state index contributed by atoms with van der Waals surface area (Å²) < 4.78 is 13.2. The van der Waals surface area contributed by atoms with Crippen LogP contribution >= 0.6 is 0 Å². The van der Waals surface area contributed by atoms with E-state index in [-0.39, 0.29) is 23.9 Å². The number of amides is 1. The number of carbonyl (C=O) groups is 1. The van der Waals surface area contributed by atoms with Gasteiger partial charge in [0.05, 0.1) is 11.8 Å². The number of nitrogens with zero attached hydrogens (tertiary/aromatic N) is 2. The number of pyridine rings is 1. The standard InChI is InChI=1S/C10H13FN4O2/c1-6(9(12)15-17)4-14-10(16)7-2-3-13-5-8(7)11/h2-3,5-6,17H,4H2,1H3,(H2,12,15)(H,14,16). The SMILES string of the molecule is CC(CNC(=O)c1ccncc1F)C(N)=NO. The van der Waals surface area contributed by atoms with Crippen molar-refractivity contribution in [3.05, 3.63) is 29.8 Å². The van der Waals surface area contributed by atoms with E-state index in [9.17, 15) is 9.18 Å². The summed E-state index contributed by atoms with van der Waals surface area (Å²) in [6, 6.07) is 1.28. The molecule has 17 heavy (non-hydrogen) atoms. The molecule has 0 aliphatic carbocycles. The molecule has 0 aliphatic rings. The Morgan fingerprint density at radius 2 is 2.47 bits per heavy atom. The molecule has 1 amide bonds. The average Bonchev–Trinajstić information content (AvgIpc) is 2.35. The van der Waals surface area contributed by atoms with Crippen molar-refractivity contribution in [2.75, 3.05) is 6.54 Å². The second-order valence-electron chi connectivity index (χ2n) is 3.49. The highest BCUT2D eigenvalue weighted by Crippen LogP contribution is 2.04. The van der Waals surface area contributed by atoms with E-state index in [2.05, 4.69) is 15.5 Å². The van der Waals surface area contributed by atoms with Gasteiger partial charge in [-0.1, -0.05) is 12.1 Å². The van der Waals surface area contributed by atoms with Gasteiger partial charge in [-0.15, -0.1) is 0 Å². The molecule has 0 fully saturated rings. The van der Waals surface area contributed by atoms with Gasteiger partial charge in [-0.3, -0.25) is 9.78 Å². The fourth-order valence-electron chi connectivity index (χ4n) is 1.10. The second-order valence-corrected chi connectivity index (χ2v) is 3.49. The number of halogens is 1. The van der Waals surface area contributed by atoms with Gasteiger partial charge in [-0.2, -0.15) is 0 Å². The third-order valence-corrected chi connectivity index (χ3v) is 2.21. The lowest BCUT2D eigenvalue weighted by atomic mass is 10.1. The van der Waals surface area contributed by atoms with Crippen LogP contribution in [0.5, 0.6) is 0 Å². The monoisotopic (exact) mass is 240 g/mol. The highest BCUT2D eigenvalue weighted by molar-refractivity contribution is 5.94. The highest BCUT2D eigenvalue weighted by Gasteiger charge is 2.13. The van der Waals surface area contributed by atoms with Crippen LogP contribution in [0, 0.1) is 11.7 Å². The van der Waals surface area contributed by atoms with Gasteiger partial charge in [0.2, 0.25) is 0 Å². The maximum Gasteiger partial charge on any atom is 0.254 e. The molecule has 1 unspecified atom stereocenters. The van der Waals surface area contributed by atoms with Gasteiger partial charge in [0.25, 0.3) is 5.91 Å². The summed E-state index contributed by atoms with van der Waals surface area (Å²) in [7, 11) is 0. The zero-order valence-corrected chi connectivity index (χ0v) is 9.22. The molecule has 4 N–H and O–H groups in total. The van der Waals surface area contributed by atoms with E-state index in [1.807, 2.05) is 0 Å². The summed E-state index contributed by atoms with van der Waals surface area (Å²) in [4.78, 5) is 15.1. The summed E-state index contributed by atoms with van der Waals surface area (Å²) in [5, 5.41) is 13.7. The summed E-state index contributed by atoms with van der Waals surface area (Å²) in [5.74, 6) is -1.60. The molecule has 6 nitrogen and oxygen atoms in total. The predicted octanol–water partition coefficient (Wildman–Crippen LogP) is 0.333. The van der Waals surface area contributed by atoms with Crippen molar-refractivity contribution in [2.45, 2.75) is 6.92 Å². The second kappa shape index (κ2) is 5.78. The van der Waals surface area contributed by atoms with E-state index >= 15 is 0 Å². The summed E-state index contributed by atoms with van der Waals surface area (Å²) in [6.45, 7) is 1.81. The van der Waals surface area contributed by atoms with Gasteiger partial charge in [0, 0.05) is 18.7 Å². The molecule has 0 aliphatic heterocycles. The van der Waals surface area contributed by atoms with Crippen molar-refractivity contribution in [3.8, 4) is 0 Å². The van der Waals surface area contributed by atoms with Crippen LogP contribution in [-0.2, 0) is 0 Å². The Balaban J connectivity index is 2.60. The topological polar surface area (TPSA) is 101 Å². The quantitative estimate of drug-likeness (QED) is 0.305. The Labute approximate surface area is 97.3 Å². The Bertz CT molecular complexity index is 436. The van der Waals surface area contributed by atoms with Crippen LogP contribution in [0.15, 0.2) is 23.6 Å². The van der Waals surface area contributed by atoms with Crippen molar-refractivity contribution in [1.82, 2.24) is 10.3 Å². The van der Waals surface area contributed by atoms with E-state index in [0.29, 0.717) is 0 Å². The third kappa shape index (κ3) is 3.40. The number of carbonyl (C=O) groups excluding carboxylic acids is 1. The zero-order valence-electron chi connectivity index (χ0n) is 9.22. The highest BCUT2D eigenvalue weighted by atomic mass is 19.1. The van der Waals surface area contributed by atoms with E-state index < -0.39 is 11.7 Å².